The second kappa shape index (κ2) is 9.65. The van der Waals surface area contributed by atoms with Gasteiger partial charge in [-0.2, -0.15) is 0 Å². The van der Waals surface area contributed by atoms with E-state index in [-0.39, 0.29) is 17.3 Å². The zero-order chi connectivity index (χ0) is 26.1. The number of H-pyrrole nitrogens is 1. The highest BCUT2D eigenvalue weighted by Gasteiger charge is 2.48. The number of anilines is 1. The number of fused-ring (bicyclic) bond motifs is 1. The highest BCUT2D eigenvalue weighted by Crippen LogP contribution is 2.42. The molecule has 1 atom stereocenters. The molecule has 1 aliphatic rings. The predicted molar refractivity (Wildman–Crippen MR) is 136 cm³/mol. The predicted octanol–water partition coefficient (Wildman–Crippen LogP) is 4.00. The van der Waals surface area contributed by atoms with Crippen molar-refractivity contribution in [1.82, 2.24) is 15.0 Å². The number of carbonyl (C=O) groups is 2. The van der Waals surface area contributed by atoms with Gasteiger partial charge in [0, 0.05) is 30.1 Å². The Morgan fingerprint density at radius 2 is 1.81 bits per heavy atom. The largest absolute Gasteiger partial charge is 0.507 e. The second-order valence-electron chi connectivity index (χ2n) is 8.20. The van der Waals surface area contributed by atoms with Crippen LogP contribution in [0.4, 0.5) is 5.95 Å². The highest BCUT2D eigenvalue weighted by atomic mass is 16.5. The molecule has 0 radical (unpaired) electrons. The number of Topliss-reactive ketones (excluding diaryl/α,β-unsaturated/α-hetero) is 1. The number of hydrogen-bond acceptors (Lipinski definition) is 8. The van der Waals surface area contributed by atoms with Crippen LogP contribution < -0.4 is 19.1 Å². The minimum atomic E-state index is -0.968. The number of nitrogens with zero attached hydrogens (tertiary/aromatic N) is 3. The molecule has 2 N–H and O–H groups in total. The van der Waals surface area contributed by atoms with Crippen LogP contribution in [0.2, 0.25) is 0 Å². The molecule has 1 saturated heterocycles. The summed E-state index contributed by atoms with van der Waals surface area (Å²) < 4.78 is 16.2. The first kappa shape index (κ1) is 23.9. The Morgan fingerprint density at radius 3 is 2.46 bits per heavy atom. The molecule has 10 heteroatoms. The summed E-state index contributed by atoms with van der Waals surface area (Å²) in [6.45, 7) is 2.36. The maximum atomic E-state index is 13.4. The van der Waals surface area contributed by atoms with Crippen LogP contribution in [0, 0.1) is 0 Å². The number of methoxy groups -OCH3 is 2. The number of hydrogen-bond donors (Lipinski definition) is 2. The average Bonchev–Trinajstić information content (AvgIpc) is 3.45. The summed E-state index contributed by atoms with van der Waals surface area (Å²) in [5.74, 6) is -0.281. The lowest BCUT2D eigenvalue weighted by Gasteiger charge is -2.22. The van der Waals surface area contributed by atoms with Gasteiger partial charge in [0.25, 0.3) is 5.78 Å². The smallest absolute Gasteiger partial charge is 0.302 e. The number of benzene rings is 2. The number of nitrogens with one attached hydrogen (secondary N) is 1. The van der Waals surface area contributed by atoms with E-state index in [1.807, 2.05) is 6.92 Å². The third-order valence-electron chi connectivity index (χ3n) is 6.09. The van der Waals surface area contributed by atoms with Crippen molar-refractivity contribution < 1.29 is 28.9 Å². The van der Waals surface area contributed by atoms with Gasteiger partial charge in [-0.25, -0.2) is 4.98 Å². The Bertz CT molecular complexity index is 1470. The van der Waals surface area contributed by atoms with Gasteiger partial charge in [-0.1, -0.05) is 6.07 Å². The molecule has 1 unspecified atom stereocenters. The van der Waals surface area contributed by atoms with Crippen molar-refractivity contribution >= 4 is 34.4 Å². The zero-order valence-corrected chi connectivity index (χ0v) is 20.4. The van der Waals surface area contributed by atoms with Gasteiger partial charge in [0.2, 0.25) is 5.95 Å². The monoisotopic (exact) mass is 500 g/mol. The Kier molecular flexibility index (Phi) is 6.22. The van der Waals surface area contributed by atoms with Crippen LogP contribution in [0.5, 0.6) is 17.2 Å². The maximum Gasteiger partial charge on any atom is 0.302 e. The molecule has 0 saturated carbocycles. The molecule has 10 nitrogen and oxygen atoms in total. The fraction of sp³-hybridized carbons (Fsp3) is 0.185. The third-order valence-corrected chi connectivity index (χ3v) is 6.09. The van der Waals surface area contributed by atoms with E-state index in [0.717, 1.165) is 0 Å². The van der Waals surface area contributed by atoms with E-state index in [0.29, 0.717) is 46.0 Å². The molecule has 0 bridgehead atoms. The number of carbonyl (C=O) groups excluding carboxylic acids is 2. The van der Waals surface area contributed by atoms with Crippen molar-refractivity contribution in [2.24, 2.45) is 0 Å². The molecular formula is C27H24N4O6. The summed E-state index contributed by atoms with van der Waals surface area (Å²) in [7, 11) is 3.03. The van der Waals surface area contributed by atoms with Crippen molar-refractivity contribution in [3.63, 3.8) is 0 Å². The number of ketones is 1. The zero-order valence-electron chi connectivity index (χ0n) is 20.4. The first-order valence-corrected chi connectivity index (χ1v) is 11.5. The van der Waals surface area contributed by atoms with Crippen LogP contribution in [0.15, 0.2) is 66.5 Å². The molecule has 0 spiro atoms. The third kappa shape index (κ3) is 4.12. The number of aromatic amines is 1. The van der Waals surface area contributed by atoms with Crippen LogP contribution in [-0.4, -0.2) is 52.6 Å². The molecule has 188 valence electrons. The Hall–Kier alpha value is -4.86. The van der Waals surface area contributed by atoms with Crippen LogP contribution in [0.1, 0.15) is 24.1 Å². The summed E-state index contributed by atoms with van der Waals surface area (Å²) >= 11 is 0. The number of aliphatic hydroxyl groups is 1. The maximum absolute atomic E-state index is 13.4. The molecule has 0 aliphatic carbocycles. The lowest BCUT2D eigenvalue weighted by molar-refractivity contribution is -0.132. The van der Waals surface area contributed by atoms with Crippen molar-refractivity contribution in [2.75, 3.05) is 25.7 Å². The van der Waals surface area contributed by atoms with Crippen LogP contribution in [0.3, 0.4) is 0 Å². The van der Waals surface area contributed by atoms with E-state index in [2.05, 4.69) is 15.0 Å². The van der Waals surface area contributed by atoms with E-state index in [1.54, 1.807) is 60.9 Å². The summed E-state index contributed by atoms with van der Waals surface area (Å²) in [5, 5.41) is 11.3. The normalized spacial score (nSPS) is 16.8. The van der Waals surface area contributed by atoms with Gasteiger partial charge in [-0.05, 0) is 42.8 Å². The van der Waals surface area contributed by atoms with E-state index in [9.17, 15) is 14.7 Å². The summed E-state index contributed by atoms with van der Waals surface area (Å²) in [5.41, 5.74) is 1.91. The van der Waals surface area contributed by atoms with E-state index < -0.39 is 17.7 Å². The number of aromatic nitrogens is 3. The fourth-order valence-corrected chi connectivity index (χ4v) is 4.37. The van der Waals surface area contributed by atoms with Gasteiger partial charge in [0.05, 0.1) is 43.5 Å². The lowest BCUT2D eigenvalue weighted by Crippen LogP contribution is -2.30. The molecule has 3 heterocycles. The summed E-state index contributed by atoms with van der Waals surface area (Å²) in [6.07, 6.45) is 3.13. The van der Waals surface area contributed by atoms with E-state index in [4.69, 9.17) is 14.2 Å². The van der Waals surface area contributed by atoms with Gasteiger partial charge >= 0.3 is 5.91 Å². The second-order valence-corrected chi connectivity index (χ2v) is 8.20. The van der Waals surface area contributed by atoms with Crippen LogP contribution in [-0.2, 0) is 9.59 Å². The molecule has 1 amide bonds. The molecular weight excluding hydrogens is 476 g/mol. The van der Waals surface area contributed by atoms with Crippen molar-refractivity contribution in [1.29, 1.82) is 0 Å². The van der Waals surface area contributed by atoms with Crippen molar-refractivity contribution in [2.45, 2.75) is 13.0 Å². The number of ether oxygens (including phenoxy) is 3. The first-order chi connectivity index (χ1) is 18.0. The van der Waals surface area contributed by atoms with Crippen LogP contribution in [0.25, 0.3) is 16.8 Å². The quantitative estimate of drug-likeness (QED) is 0.222. The van der Waals surface area contributed by atoms with E-state index in [1.165, 1.54) is 19.1 Å². The fourth-order valence-electron chi connectivity index (χ4n) is 4.37. The SMILES string of the molecule is CCOc1ccc(/C(O)=C2\C(=O)C(=O)N(c3nc4cc(OC)c(OC)cc4[nH]3)C2c2cccnc2)cc1. The topological polar surface area (TPSA) is 127 Å². The average molecular weight is 501 g/mol. The summed E-state index contributed by atoms with van der Waals surface area (Å²) in [4.78, 5) is 39.8. The molecule has 37 heavy (non-hydrogen) atoms. The Morgan fingerprint density at radius 1 is 1.08 bits per heavy atom. The molecule has 1 fully saturated rings. The van der Waals surface area contributed by atoms with Crippen LogP contribution >= 0.6 is 0 Å². The first-order valence-electron chi connectivity index (χ1n) is 11.5. The van der Waals surface area contributed by atoms with E-state index >= 15 is 0 Å². The lowest BCUT2D eigenvalue weighted by atomic mass is 9.96. The molecule has 1 aliphatic heterocycles. The highest BCUT2D eigenvalue weighted by molar-refractivity contribution is 6.51. The number of rotatable bonds is 7. The van der Waals surface area contributed by atoms with Gasteiger partial charge in [-0.3, -0.25) is 19.5 Å². The minimum Gasteiger partial charge on any atom is -0.507 e. The Labute approximate surface area is 212 Å². The van der Waals surface area contributed by atoms with Gasteiger partial charge in [0.15, 0.2) is 11.5 Å². The minimum absolute atomic E-state index is 0.0715. The van der Waals surface area contributed by atoms with Gasteiger partial charge in [-0.15, -0.1) is 0 Å². The number of pyridine rings is 1. The molecule has 2 aromatic carbocycles. The van der Waals surface area contributed by atoms with Gasteiger partial charge in [0.1, 0.15) is 11.5 Å². The molecule has 2 aromatic heterocycles. The number of amides is 1. The van der Waals surface area contributed by atoms with Gasteiger partial charge < -0.3 is 24.3 Å². The summed E-state index contributed by atoms with van der Waals surface area (Å²) in [6, 6.07) is 12.5. The van der Waals surface area contributed by atoms with Crippen molar-refractivity contribution in [3.8, 4) is 17.2 Å². The standard InChI is InChI=1S/C27H24N4O6/c1-4-37-17-9-7-15(8-10-17)24(32)22-23(16-6-5-11-28-14-16)31(26(34)25(22)33)27-29-18-12-20(35-2)21(36-3)13-19(18)30-27/h5-14,23,32H,4H2,1-3H3,(H,29,30)/b24-22+. The number of imidazole rings is 1. The molecule has 4 aromatic rings. The molecule has 5 rings (SSSR count). The Balaban J connectivity index is 1.67. The van der Waals surface area contributed by atoms with Crippen molar-refractivity contribution in [3.05, 3.63) is 77.6 Å². The number of aliphatic hydroxyl groups excluding tert-OH is 1.